The van der Waals surface area contributed by atoms with Gasteiger partial charge in [0.15, 0.2) is 0 Å². The quantitative estimate of drug-likeness (QED) is 0.454. The van der Waals surface area contributed by atoms with E-state index in [1.54, 1.807) is 37.4 Å². The predicted molar refractivity (Wildman–Crippen MR) is 106 cm³/mol. The predicted octanol–water partition coefficient (Wildman–Crippen LogP) is 3.16. The lowest BCUT2D eigenvalue weighted by molar-refractivity contribution is -0.384. The summed E-state index contributed by atoms with van der Waals surface area (Å²) in [6, 6.07) is 13.6. The van der Waals surface area contributed by atoms with E-state index >= 15 is 0 Å². The van der Waals surface area contributed by atoms with E-state index in [9.17, 15) is 19.7 Å². The molecule has 28 heavy (non-hydrogen) atoms. The maximum atomic E-state index is 12.3. The lowest BCUT2D eigenvalue weighted by atomic mass is 10.1. The van der Waals surface area contributed by atoms with Crippen molar-refractivity contribution in [1.29, 1.82) is 0 Å². The van der Waals surface area contributed by atoms with Gasteiger partial charge in [0.05, 0.1) is 4.92 Å². The fraction of sp³-hybridized carbons (Fsp3) is 0.238. The Morgan fingerprint density at radius 3 is 2.57 bits per heavy atom. The summed E-state index contributed by atoms with van der Waals surface area (Å²) in [6.07, 6.45) is 5.02. The van der Waals surface area contributed by atoms with Crippen LogP contribution in [0.5, 0.6) is 0 Å². The molecule has 3 rings (SSSR count). The van der Waals surface area contributed by atoms with Crippen LogP contribution in [0.2, 0.25) is 0 Å². The zero-order valence-corrected chi connectivity index (χ0v) is 15.5. The Labute approximate surface area is 162 Å². The van der Waals surface area contributed by atoms with Crippen molar-refractivity contribution in [3.63, 3.8) is 0 Å². The minimum Gasteiger partial charge on any atom is -0.349 e. The fourth-order valence-corrected chi connectivity index (χ4v) is 2.65. The van der Waals surface area contributed by atoms with Gasteiger partial charge in [-0.25, -0.2) is 0 Å². The largest absolute Gasteiger partial charge is 0.349 e. The summed E-state index contributed by atoms with van der Waals surface area (Å²) < 4.78 is 0. The number of amides is 2. The van der Waals surface area contributed by atoms with Crippen molar-refractivity contribution in [3.8, 4) is 0 Å². The zero-order chi connectivity index (χ0) is 20.1. The molecule has 2 amide bonds. The smallest absolute Gasteiger partial charge is 0.270 e. The van der Waals surface area contributed by atoms with Crippen LogP contribution < -0.4 is 5.32 Å². The number of carbonyl (C=O) groups excluding carboxylic acids is 2. The zero-order valence-electron chi connectivity index (χ0n) is 15.5. The Morgan fingerprint density at radius 1 is 1.21 bits per heavy atom. The summed E-state index contributed by atoms with van der Waals surface area (Å²) in [4.78, 5) is 36.1. The van der Waals surface area contributed by atoms with E-state index in [-0.39, 0.29) is 17.5 Å². The summed E-state index contributed by atoms with van der Waals surface area (Å²) in [5.74, 6) is -0.291. The Balaban J connectivity index is 1.56. The fourth-order valence-electron chi connectivity index (χ4n) is 2.65. The number of carbonyl (C=O) groups is 2. The molecule has 0 spiro atoms. The van der Waals surface area contributed by atoms with Crippen molar-refractivity contribution in [2.45, 2.75) is 25.4 Å². The van der Waals surface area contributed by atoms with Crippen molar-refractivity contribution < 1.29 is 14.5 Å². The van der Waals surface area contributed by atoms with Crippen LogP contribution in [0.15, 0.2) is 54.6 Å². The van der Waals surface area contributed by atoms with Crippen LogP contribution in [-0.4, -0.2) is 34.7 Å². The topological polar surface area (TPSA) is 92.6 Å². The number of likely N-dealkylation sites (N-methyl/N-ethyl adjacent to an activating group) is 1. The van der Waals surface area contributed by atoms with Gasteiger partial charge in [0.2, 0.25) is 5.91 Å². The first-order valence-electron chi connectivity index (χ1n) is 9.00. The molecule has 0 heterocycles. The van der Waals surface area contributed by atoms with E-state index in [0.29, 0.717) is 23.7 Å². The molecule has 0 atom stereocenters. The number of non-ortho nitro benzene ring substituents is 1. The van der Waals surface area contributed by atoms with Crippen LogP contribution >= 0.6 is 0 Å². The minimum absolute atomic E-state index is 0.0197. The van der Waals surface area contributed by atoms with E-state index in [0.717, 1.165) is 18.4 Å². The van der Waals surface area contributed by atoms with Crippen LogP contribution in [-0.2, 0) is 11.3 Å². The van der Waals surface area contributed by atoms with Gasteiger partial charge in [-0.05, 0) is 42.2 Å². The van der Waals surface area contributed by atoms with Crippen molar-refractivity contribution >= 4 is 23.6 Å². The Kier molecular flexibility index (Phi) is 5.84. The maximum Gasteiger partial charge on any atom is 0.270 e. The number of rotatable bonds is 7. The summed E-state index contributed by atoms with van der Waals surface area (Å²) in [5, 5.41) is 13.7. The molecule has 7 heteroatoms. The summed E-state index contributed by atoms with van der Waals surface area (Å²) in [6.45, 7) is 0.392. The summed E-state index contributed by atoms with van der Waals surface area (Å²) >= 11 is 0. The van der Waals surface area contributed by atoms with Gasteiger partial charge >= 0.3 is 0 Å². The van der Waals surface area contributed by atoms with Gasteiger partial charge in [-0.2, -0.15) is 0 Å². The van der Waals surface area contributed by atoms with Crippen LogP contribution in [0, 0.1) is 10.1 Å². The molecule has 2 aromatic carbocycles. The highest BCUT2D eigenvalue weighted by atomic mass is 16.6. The molecule has 0 radical (unpaired) electrons. The average molecular weight is 379 g/mol. The monoisotopic (exact) mass is 379 g/mol. The van der Waals surface area contributed by atoms with Crippen LogP contribution in [0.4, 0.5) is 5.69 Å². The number of benzene rings is 2. The highest BCUT2D eigenvalue weighted by molar-refractivity contribution is 5.94. The molecular weight excluding hydrogens is 358 g/mol. The number of nitro benzene ring substituents is 1. The van der Waals surface area contributed by atoms with Crippen molar-refractivity contribution in [2.24, 2.45) is 0 Å². The first-order valence-corrected chi connectivity index (χ1v) is 9.00. The summed E-state index contributed by atoms with van der Waals surface area (Å²) in [5.41, 5.74) is 2.08. The third-order valence-electron chi connectivity index (χ3n) is 4.42. The normalized spacial score (nSPS) is 13.3. The number of hydrogen-bond acceptors (Lipinski definition) is 4. The van der Waals surface area contributed by atoms with Crippen LogP contribution in [0.25, 0.3) is 6.08 Å². The van der Waals surface area contributed by atoms with E-state index < -0.39 is 4.92 Å². The molecule has 7 nitrogen and oxygen atoms in total. The van der Waals surface area contributed by atoms with Gasteiger partial charge in [0.25, 0.3) is 11.6 Å². The molecule has 0 aliphatic heterocycles. The second-order valence-electron chi connectivity index (χ2n) is 6.82. The van der Waals surface area contributed by atoms with Crippen molar-refractivity contribution in [2.75, 3.05) is 7.05 Å². The van der Waals surface area contributed by atoms with Crippen LogP contribution in [0.1, 0.15) is 34.3 Å². The van der Waals surface area contributed by atoms with Crippen molar-refractivity contribution in [1.82, 2.24) is 10.2 Å². The second-order valence-corrected chi connectivity index (χ2v) is 6.82. The van der Waals surface area contributed by atoms with E-state index in [2.05, 4.69) is 5.32 Å². The minimum atomic E-state index is -0.472. The Morgan fingerprint density at radius 2 is 1.93 bits per heavy atom. The van der Waals surface area contributed by atoms with Gasteiger partial charge in [-0.3, -0.25) is 19.7 Å². The highest BCUT2D eigenvalue weighted by Crippen LogP contribution is 2.19. The van der Waals surface area contributed by atoms with Crippen molar-refractivity contribution in [3.05, 3.63) is 81.4 Å². The molecule has 0 bridgehead atoms. The number of hydrogen-bond donors (Lipinski definition) is 1. The molecule has 144 valence electrons. The molecule has 1 fully saturated rings. The molecule has 0 saturated heterocycles. The second kappa shape index (κ2) is 8.47. The van der Waals surface area contributed by atoms with Crippen LogP contribution in [0.3, 0.4) is 0 Å². The molecule has 1 aliphatic carbocycles. The standard InChI is InChI=1S/C21H21N3O4/c1-23(20(25)12-7-15-3-2-4-19(13-15)24(27)28)14-16-5-8-17(9-6-16)21(26)22-18-10-11-18/h2-9,12-13,18H,10-11,14H2,1H3,(H,22,26)/b12-7+. The average Bonchev–Trinajstić information content (AvgIpc) is 3.50. The van der Waals surface area contributed by atoms with E-state index in [1.165, 1.54) is 23.1 Å². The van der Waals surface area contributed by atoms with E-state index in [1.807, 2.05) is 12.1 Å². The van der Waals surface area contributed by atoms with E-state index in [4.69, 9.17) is 0 Å². The third-order valence-corrected chi connectivity index (χ3v) is 4.42. The number of nitrogens with zero attached hydrogens (tertiary/aromatic N) is 2. The molecule has 1 saturated carbocycles. The number of nitro groups is 1. The molecule has 1 aliphatic rings. The molecule has 0 unspecified atom stereocenters. The Hall–Kier alpha value is -3.48. The first-order chi connectivity index (χ1) is 13.4. The SMILES string of the molecule is CN(Cc1ccc(C(=O)NC2CC2)cc1)C(=O)/C=C/c1cccc([N+](=O)[O-])c1. The third kappa shape index (κ3) is 5.26. The van der Waals surface area contributed by atoms with Gasteiger partial charge in [0, 0.05) is 43.4 Å². The summed E-state index contributed by atoms with van der Waals surface area (Å²) in [7, 11) is 1.67. The van der Waals surface area contributed by atoms with Gasteiger partial charge in [-0.15, -0.1) is 0 Å². The highest BCUT2D eigenvalue weighted by Gasteiger charge is 2.23. The molecule has 2 aromatic rings. The Bertz CT molecular complexity index is 918. The van der Waals surface area contributed by atoms with Gasteiger partial charge in [-0.1, -0.05) is 24.3 Å². The van der Waals surface area contributed by atoms with Gasteiger partial charge in [0.1, 0.15) is 0 Å². The molecule has 1 N–H and O–H groups in total. The maximum absolute atomic E-state index is 12.3. The first kappa shape index (κ1) is 19.3. The molecule has 0 aromatic heterocycles. The molecular formula is C21H21N3O4. The lowest BCUT2D eigenvalue weighted by Gasteiger charge is -2.15. The lowest BCUT2D eigenvalue weighted by Crippen LogP contribution is -2.26. The van der Waals surface area contributed by atoms with Gasteiger partial charge < -0.3 is 10.2 Å². The number of nitrogens with one attached hydrogen (secondary N) is 1.